The molecule has 0 radical (unpaired) electrons. The van der Waals surface area contributed by atoms with Gasteiger partial charge in [0.1, 0.15) is 4.90 Å². The van der Waals surface area contributed by atoms with Gasteiger partial charge in [-0.25, -0.2) is 13.1 Å². The first kappa shape index (κ1) is 18.1. The average molecular weight is 316 g/mol. The lowest BCUT2D eigenvalue weighted by Crippen LogP contribution is -2.24. The monoisotopic (exact) mass is 316 g/mol. The molecule has 0 spiro atoms. The normalized spacial score (nSPS) is 12.2. The molecule has 0 aromatic carbocycles. The molecule has 1 aromatic heterocycles. The van der Waals surface area contributed by atoms with E-state index in [1.807, 2.05) is 0 Å². The fourth-order valence-corrected chi connectivity index (χ4v) is 3.09. The molecular formula is C14H28N4O2S. The van der Waals surface area contributed by atoms with Crippen molar-refractivity contribution in [1.29, 1.82) is 0 Å². The van der Waals surface area contributed by atoms with Crippen LogP contribution in [0.25, 0.3) is 0 Å². The number of hydrogen-bond acceptors (Lipinski definition) is 4. The number of rotatable bonds is 11. The Morgan fingerprint density at radius 1 is 1.29 bits per heavy atom. The van der Waals surface area contributed by atoms with Crippen molar-refractivity contribution in [3.05, 3.63) is 12.4 Å². The van der Waals surface area contributed by atoms with Crippen molar-refractivity contribution in [2.75, 3.05) is 13.1 Å². The molecule has 21 heavy (non-hydrogen) atoms. The fraction of sp³-hybridized carbons (Fsp3) is 0.786. The van der Waals surface area contributed by atoms with Crippen LogP contribution in [0.2, 0.25) is 0 Å². The molecule has 0 bridgehead atoms. The Labute approximate surface area is 128 Å². The van der Waals surface area contributed by atoms with Crippen molar-refractivity contribution in [1.82, 2.24) is 14.5 Å². The highest BCUT2D eigenvalue weighted by atomic mass is 32.2. The Morgan fingerprint density at radius 2 is 2.00 bits per heavy atom. The van der Waals surface area contributed by atoms with E-state index in [4.69, 9.17) is 5.73 Å². The minimum atomic E-state index is -3.44. The summed E-state index contributed by atoms with van der Waals surface area (Å²) in [6, 6.07) is 0. The number of unbranched alkanes of at least 4 members (excludes halogenated alkanes) is 3. The van der Waals surface area contributed by atoms with Gasteiger partial charge in [-0.3, -0.25) is 4.68 Å². The van der Waals surface area contributed by atoms with E-state index in [1.165, 1.54) is 25.2 Å². The highest BCUT2D eigenvalue weighted by Gasteiger charge is 2.15. The Bertz CT molecular complexity index is 497. The maximum atomic E-state index is 12.0. The van der Waals surface area contributed by atoms with E-state index in [-0.39, 0.29) is 4.90 Å². The smallest absolute Gasteiger partial charge is 0.243 e. The van der Waals surface area contributed by atoms with Gasteiger partial charge in [-0.05, 0) is 12.3 Å². The molecule has 0 aliphatic heterocycles. The number of sulfonamides is 1. The standard InChI is InChI=1S/C14H28N4O2S/c1-13(2)7-5-3-4-6-9-17-21(19,20)14-11-16-18(12-14)10-8-15/h11-13,17H,3-10,15H2,1-2H3. The van der Waals surface area contributed by atoms with Gasteiger partial charge in [0.2, 0.25) is 10.0 Å². The maximum Gasteiger partial charge on any atom is 0.243 e. The lowest BCUT2D eigenvalue weighted by atomic mass is 10.0. The minimum Gasteiger partial charge on any atom is -0.329 e. The topological polar surface area (TPSA) is 90.0 Å². The molecule has 1 rings (SSSR count). The van der Waals surface area contributed by atoms with E-state index in [9.17, 15) is 8.42 Å². The number of hydrogen-bond donors (Lipinski definition) is 2. The van der Waals surface area contributed by atoms with Crippen molar-refractivity contribution in [2.24, 2.45) is 11.7 Å². The molecule has 0 amide bonds. The molecule has 0 atom stereocenters. The summed E-state index contributed by atoms with van der Waals surface area (Å²) < 4.78 is 28.2. The summed E-state index contributed by atoms with van der Waals surface area (Å²) in [6.07, 6.45) is 8.42. The predicted octanol–water partition coefficient (Wildman–Crippen LogP) is 1.73. The third-order valence-corrected chi connectivity index (χ3v) is 4.69. The number of nitrogens with one attached hydrogen (secondary N) is 1. The lowest BCUT2D eigenvalue weighted by molar-refractivity contribution is 0.517. The SMILES string of the molecule is CC(C)CCCCCCNS(=O)(=O)c1cnn(CCN)c1. The first-order chi connectivity index (χ1) is 9.95. The van der Waals surface area contributed by atoms with Gasteiger partial charge >= 0.3 is 0 Å². The van der Waals surface area contributed by atoms with E-state index < -0.39 is 10.0 Å². The first-order valence-corrected chi connectivity index (χ1v) is 9.16. The molecule has 0 aliphatic carbocycles. The van der Waals surface area contributed by atoms with Crippen LogP contribution in [0.15, 0.2) is 17.3 Å². The highest BCUT2D eigenvalue weighted by Crippen LogP contribution is 2.10. The van der Waals surface area contributed by atoms with Gasteiger partial charge < -0.3 is 5.73 Å². The third-order valence-electron chi connectivity index (χ3n) is 3.28. The van der Waals surface area contributed by atoms with Gasteiger partial charge in [-0.1, -0.05) is 39.5 Å². The zero-order chi connectivity index (χ0) is 15.7. The minimum absolute atomic E-state index is 0.204. The molecular weight excluding hydrogens is 288 g/mol. The van der Waals surface area contributed by atoms with Gasteiger partial charge in [0.05, 0.1) is 12.7 Å². The van der Waals surface area contributed by atoms with E-state index in [1.54, 1.807) is 4.68 Å². The van der Waals surface area contributed by atoms with Gasteiger partial charge in [-0.2, -0.15) is 5.10 Å². The molecule has 0 unspecified atom stereocenters. The molecule has 122 valence electrons. The van der Waals surface area contributed by atoms with Crippen molar-refractivity contribution in [3.8, 4) is 0 Å². The number of nitrogens with zero attached hydrogens (tertiary/aromatic N) is 2. The third kappa shape index (κ3) is 7.06. The van der Waals surface area contributed by atoms with Crippen LogP contribution in [-0.2, 0) is 16.6 Å². The second-order valence-electron chi connectivity index (χ2n) is 5.72. The summed E-state index contributed by atoms with van der Waals surface area (Å²) in [5, 5.41) is 3.97. The summed E-state index contributed by atoms with van der Waals surface area (Å²) in [5.74, 6) is 0.744. The predicted molar refractivity (Wildman–Crippen MR) is 84.4 cm³/mol. The van der Waals surface area contributed by atoms with E-state index in [2.05, 4.69) is 23.7 Å². The molecule has 6 nitrogen and oxygen atoms in total. The molecule has 3 N–H and O–H groups in total. The first-order valence-electron chi connectivity index (χ1n) is 7.68. The van der Waals surface area contributed by atoms with E-state index in [0.717, 1.165) is 25.2 Å². The summed E-state index contributed by atoms with van der Waals surface area (Å²) in [7, 11) is -3.44. The van der Waals surface area contributed by atoms with Crippen LogP contribution in [0.4, 0.5) is 0 Å². The summed E-state index contributed by atoms with van der Waals surface area (Å²) in [5.41, 5.74) is 5.41. The summed E-state index contributed by atoms with van der Waals surface area (Å²) in [4.78, 5) is 0.204. The Kier molecular flexibility index (Phi) is 7.92. The Morgan fingerprint density at radius 3 is 2.67 bits per heavy atom. The van der Waals surface area contributed by atoms with Crippen molar-refractivity contribution >= 4 is 10.0 Å². The number of nitrogens with two attached hydrogens (primary N) is 1. The Hall–Kier alpha value is -0.920. The zero-order valence-corrected chi connectivity index (χ0v) is 13.9. The Balaban J connectivity index is 2.26. The van der Waals surface area contributed by atoms with Crippen LogP contribution in [0.5, 0.6) is 0 Å². The van der Waals surface area contributed by atoms with E-state index >= 15 is 0 Å². The van der Waals surface area contributed by atoms with Crippen molar-refractivity contribution in [3.63, 3.8) is 0 Å². The highest BCUT2D eigenvalue weighted by molar-refractivity contribution is 7.89. The van der Waals surface area contributed by atoms with Crippen LogP contribution in [0.1, 0.15) is 46.0 Å². The zero-order valence-electron chi connectivity index (χ0n) is 13.1. The second kappa shape index (κ2) is 9.17. The van der Waals surface area contributed by atoms with Gasteiger partial charge in [-0.15, -0.1) is 0 Å². The van der Waals surface area contributed by atoms with Crippen molar-refractivity contribution in [2.45, 2.75) is 57.4 Å². The molecule has 0 saturated carbocycles. The molecule has 0 fully saturated rings. The van der Waals surface area contributed by atoms with Crippen LogP contribution in [0.3, 0.4) is 0 Å². The molecule has 0 aliphatic rings. The largest absolute Gasteiger partial charge is 0.329 e. The lowest BCUT2D eigenvalue weighted by Gasteiger charge is -2.06. The quantitative estimate of drug-likeness (QED) is 0.608. The van der Waals surface area contributed by atoms with E-state index in [0.29, 0.717) is 19.6 Å². The van der Waals surface area contributed by atoms with Crippen LogP contribution < -0.4 is 10.5 Å². The van der Waals surface area contributed by atoms with Gasteiger partial charge in [0.15, 0.2) is 0 Å². The van der Waals surface area contributed by atoms with Crippen LogP contribution in [0, 0.1) is 5.92 Å². The summed E-state index contributed by atoms with van der Waals surface area (Å²) >= 11 is 0. The van der Waals surface area contributed by atoms with Gasteiger partial charge in [0, 0.05) is 19.3 Å². The van der Waals surface area contributed by atoms with Gasteiger partial charge in [0.25, 0.3) is 0 Å². The van der Waals surface area contributed by atoms with Crippen LogP contribution >= 0.6 is 0 Å². The molecule has 7 heteroatoms. The second-order valence-corrected chi connectivity index (χ2v) is 7.49. The van der Waals surface area contributed by atoms with Crippen LogP contribution in [-0.4, -0.2) is 31.3 Å². The van der Waals surface area contributed by atoms with Crippen molar-refractivity contribution < 1.29 is 8.42 Å². The number of aromatic nitrogens is 2. The molecule has 1 aromatic rings. The average Bonchev–Trinajstić information content (AvgIpc) is 2.87. The fourth-order valence-electron chi connectivity index (χ4n) is 2.06. The molecule has 1 heterocycles. The molecule has 0 saturated heterocycles. The maximum absolute atomic E-state index is 12.0. The summed E-state index contributed by atoms with van der Waals surface area (Å²) in [6.45, 7) is 5.88.